The number of aromatic nitrogens is 1. The number of hydrogen-bond acceptors (Lipinski definition) is 5. The van der Waals surface area contributed by atoms with Crippen LogP contribution in [0.5, 0.6) is 0 Å². The number of hydrogen-bond donors (Lipinski definition) is 1. The van der Waals surface area contributed by atoms with Crippen molar-refractivity contribution < 1.29 is 4.79 Å². The first-order valence-corrected chi connectivity index (χ1v) is 13.1. The van der Waals surface area contributed by atoms with Crippen LogP contribution in [0.1, 0.15) is 84.6 Å². The molecule has 3 aliphatic rings. The highest BCUT2D eigenvalue weighted by atomic mass is 32.1. The Bertz CT molecular complexity index is 964. The molecular weight excluding hydrogens is 416 g/mol. The lowest BCUT2D eigenvalue weighted by Gasteiger charge is -2.32. The van der Waals surface area contributed by atoms with Gasteiger partial charge in [0.1, 0.15) is 0 Å². The molecule has 1 amide bonds. The first kappa shape index (κ1) is 22.1. The van der Waals surface area contributed by atoms with Gasteiger partial charge in [-0.15, -0.1) is 11.3 Å². The van der Waals surface area contributed by atoms with Gasteiger partial charge in [0.2, 0.25) is 0 Å². The molecule has 3 aliphatic heterocycles. The van der Waals surface area contributed by atoms with Crippen molar-refractivity contribution >= 4 is 17.2 Å². The van der Waals surface area contributed by atoms with E-state index in [2.05, 4.69) is 59.5 Å². The summed E-state index contributed by atoms with van der Waals surface area (Å²) >= 11 is 1.79. The van der Waals surface area contributed by atoms with Crippen molar-refractivity contribution in [2.24, 2.45) is 0 Å². The molecule has 0 spiro atoms. The van der Waals surface area contributed by atoms with E-state index in [-0.39, 0.29) is 11.3 Å². The van der Waals surface area contributed by atoms with Gasteiger partial charge in [-0.2, -0.15) is 0 Å². The minimum Gasteiger partial charge on any atom is -0.330 e. The number of carbonyl (C=O) groups is 1. The van der Waals surface area contributed by atoms with Crippen LogP contribution in [0, 0.1) is 0 Å². The molecule has 1 atom stereocenters. The lowest BCUT2D eigenvalue weighted by atomic mass is 9.88. The van der Waals surface area contributed by atoms with Gasteiger partial charge in [-0.3, -0.25) is 9.69 Å². The zero-order valence-corrected chi connectivity index (χ0v) is 20.5. The normalized spacial score (nSPS) is 23.0. The van der Waals surface area contributed by atoms with Gasteiger partial charge in [0, 0.05) is 42.0 Å². The molecule has 32 heavy (non-hydrogen) atoms. The molecule has 2 saturated heterocycles. The average molecular weight is 453 g/mol. The topological polar surface area (TPSA) is 48.5 Å². The van der Waals surface area contributed by atoms with Gasteiger partial charge >= 0.3 is 0 Å². The summed E-state index contributed by atoms with van der Waals surface area (Å²) in [5, 5.41) is 6.91. The van der Waals surface area contributed by atoms with Crippen molar-refractivity contribution in [3.63, 3.8) is 0 Å². The van der Waals surface area contributed by atoms with Crippen LogP contribution >= 0.6 is 11.3 Å². The van der Waals surface area contributed by atoms with E-state index in [4.69, 9.17) is 4.98 Å². The summed E-state index contributed by atoms with van der Waals surface area (Å²) in [6, 6.07) is 6.99. The van der Waals surface area contributed by atoms with E-state index in [1.165, 1.54) is 34.7 Å². The Labute approximate surface area is 196 Å². The minimum absolute atomic E-state index is 0.133. The summed E-state index contributed by atoms with van der Waals surface area (Å²) in [6.45, 7) is 12.7. The SMILES string of the molecule is CC(C)(C)c1nc(CN2CCC(c3ccc4c(c3)CN(C3CCCNC3)C4=O)CC2)cs1. The third kappa shape index (κ3) is 4.50. The number of amides is 1. The van der Waals surface area contributed by atoms with Crippen LogP contribution in [-0.4, -0.2) is 52.9 Å². The molecule has 5 rings (SSSR count). The van der Waals surface area contributed by atoms with Crippen LogP contribution in [0.2, 0.25) is 0 Å². The number of nitrogens with one attached hydrogen (secondary N) is 1. The molecule has 1 N–H and O–H groups in total. The molecule has 1 aromatic heterocycles. The van der Waals surface area contributed by atoms with E-state index in [9.17, 15) is 4.79 Å². The van der Waals surface area contributed by atoms with Crippen LogP contribution in [0.15, 0.2) is 23.6 Å². The second-order valence-electron chi connectivity index (χ2n) is 10.8. The van der Waals surface area contributed by atoms with E-state index in [0.29, 0.717) is 12.0 Å². The highest BCUT2D eigenvalue weighted by molar-refractivity contribution is 7.09. The van der Waals surface area contributed by atoms with Crippen LogP contribution < -0.4 is 5.32 Å². The van der Waals surface area contributed by atoms with Gasteiger partial charge in [-0.1, -0.05) is 32.9 Å². The quantitative estimate of drug-likeness (QED) is 0.741. The van der Waals surface area contributed by atoms with Gasteiger partial charge in [0.15, 0.2) is 0 Å². The summed E-state index contributed by atoms with van der Waals surface area (Å²) in [4.78, 5) is 22.5. The molecule has 2 fully saturated rings. The number of benzene rings is 1. The van der Waals surface area contributed by atoms with Crippen molar-refractivity contribution in [2.45, 2.75) is 76.9 Å². The number of piperidine rings is 2. The Morgan fingerprint density at radius 2 is 2.00 bits per heavy atom. The summed E-state index contributed by atoms with van der Waals surface area (Å²) in [7, 11) is 0. The highest BCUT2D eigenvalue weighted by Crippen LogP contribution is 2.34. The summed E-state index contributed by atoms with van der Waals surface area (Å²) in [5.41, 5.74) is 4.93. The lowest BCUT2D eigenvalue weighted by Crippen LogP contribution is -2.46. The van der Waals surface area contributed by atoms with Gasteiger partial charge < -0.3 is 10.2 Å². The monoisotopic (exact) mass is 452 g/mol. The van der Waals surface area contributed by atoms with E-state index in [1.54, 1.807) is 11.3 Å². The number of carbonyl (C=O) groups excluding carboxylic acids is 1. The largest absolute Gasteiger partial charge is 0.330 e. The Kier molecular flexibility index (Phi) is 6.12. The first-order chi connectivity index (χ1) is 15.4. The number of likely N-dealkylation sites (tertiary alicyclic amines) is 1. The molecule has 0 aliphatic carbocycles. The molecule has 1 aromatic carbocycles. The second-order valence-corrected chi connectivity index (χ2v) is 11.7. The molecule has 5 nitrogen and oxygen atoms in total. The van der Waals surface area contributed by atoms with E-state index in [0.717, 1.165) is 57.7 Å². The van der Waals surface area contributed by atoms with Crippen LogP contribution in [0.25, 0.3) is 0 Å². The maximum Gasteiger partial charge on any atom is 0.254 e. The van der Waals surface area contributed by atoms with Crippen molar-refractivity contribution in [3.05, 3.63) is 51.0 Å². The molecule has 1 unspecified atom stereocenters. The predicted molar refractivity (Wildman–Crippen MR) is 130 cm³/mol. The van der Waals surface area contributed by atoms with Gasteiger partial charge in [-0.25, -0.2) is 4.98 Å². The van der Waals surface area contributed by atoms with Crippen molar-refractivity contribution in [2.75, 3.05) is 26.2 Å². The van der Waals surface area contributed by atoms with Gasteiger partial charge in [0.05, 0.1) is 10.7 Å². The van der Waals surface area contributed by atoms with Crippen LogP contribution in [-0.2, 0) is 18.5 Å². The maximum absolute atomic E-state index is 13.0. The molecule has 0 saturated carbocycles. The smallest absolute Gasteiger partial charge is 0.254 e. The predicted octanol–water partition coefficient (Wildman–Crippen LogP) is 4.53. The highest BCUT2D eigenvalue weighted by Gasteiger charge is 2.34. The molecule has 0 bridgehead atoms. The number of fused-ring (bicyclic) bond motifs is 1. The number of rotatable bonds is 4. The molecular formula is C26H36N4OS. The van der Waals surface area contributed by atoms with E-state index >= 15 is 0 Å². The molecule has 4 heterocycles. The first-order valence-electron chi connectivity index (χ1n) is 12.2. The summed E-state index contributed by atoms with van der Waals surface area (Å²) in [5.74, 6) is 0.825. The fourth-order valence-corrected chi connectivity index (χ4v) is 6.29. The summed E-state index contributed by atoms with van der Waals surface area (Å²) < 4.78 is 0. The molecule has 172 valence electrons. The van der Waals surface area contributed by atoms with Crippen molar-refractivity contribution in [3.8, 4) is 0 Å². The fourth-order valence-electron chi connectivity index (χ4n) is 5.39. The second kappa shape index (κ2) is 8.88. The van der Waals surface area contributed by atoms with Gasteiger partial charge in [-0.05, 0) is 68.4 Å². The minimum atomic E-state index is 0.133. The zero-order valence-electron chi connectivity index (χ0n) is 19.7. The molecule has 6 heteroatoms. The Morgan fingerprint density at radius 1 is 1.19 bits per heavy atom. The molecule has 2 aromatic rings. The Morgan fingerprint density at radius 3 is 2.69 bits per heavy atom. The third-order valence-electron chi connectivity index (χ3n) is 7.31. The van der Waals surface area contributed by atoms with Crippen molar-refractivity contribution in [1.82, 2.24) is 20.1 Å². The van der Waals surface area contributed by atoms with Crippen LogP contribution in [0.4, 0.5) is 0 Å². The summed E-state index contributed by atoms with van der Waals surface area (Å²) in [6.07, 6.45) is 4.64. The van der Waals surface area contributed by atoms with Crippen LogP contribution in [0.3, 0.4) is 0 Å². The average Bonchev–Trinajstić information content (AvgIpc) is 3.39. The Hall–Kier alpha value is -1.76. The number of thiazole rings is 1. The standard InChI is InChI=1S/C26H36N4OS/c1-26(2,3)25-28-21(17-32-25)16-29-11-8-18(9-12-29)19-6-7-23-20(13-19)15-30(24(23)31)22-5-4-10-27-14-22/h6-7,13,17-18,22,27H,4-5,8-12,14-16H2,1-3H3. The third-order valence-corrected chi connectivity index (χ3v) is 8.63. The van der Waals surface area contributed by atoms with Gasteiger partial charge in [0.25, 0.3) is 5.91 Å². The molecule has 0 radical (unpaired) electrons. The van der Waals surface area contributed by atoms with E-state index < -0.39 is 0 Å². The fraction of sp³-hybridized carbons (Fsp3) is 0.615. The van der Waals surface area contributed by atoms with Crippen molar-refractivity contribution in [1.29, 1.82) is 0 Å². The lowest BCUT2D eigenvalue weighted by molar-refractivity contribution is 0.0674. The number of nitrogens with zero attached hydrogens (tertiary/aromatic N) is 3. The van der Waals surface area contributed by atoms with E-state index in [1.807, 2.05) is 0 Å². The maximum atomic E-state index is 13.0. The Balaban J connectivity index is 1.19. The zero-order chi connectivity index (χ0) is 22.3.